The highest BCUT2D eigenvalue weighted by atomic mass is 79.9. The lowest BCUT2D eigenvalue weighted by Gasteiger charge is -2.07. The Balaban J connectivity index is 2.39. The average Bonchev–Trinajstić information content (AvgIpc) is 2.72. The first-order valence-electron chi connectivity index (χ1n) is 5.95. The first-order chi connectivity index (χ1) is 9.01. The standard InChI is InChI=1S/C14H14BrN3S/c1-8(2)13-12(19-14(17)18-13)6-9-3-4-11(15)5-10(9)7-16/h3-5,8H,6H2,1-2H3,(H2,17,18). The summed E-state index contributed by atoms with van der Waals surface area (Å²) in [5.41, 5.74) is 8.54. The van der Waals surface area contributed by atoms with Crippen molar-refractivity contribution in [2.45, 2.75) is 26.2 Å². The molecule has 0 aliphatic rings. The molecule has 0 saturated heterocycles. The van der Waals surface area contributed by atoms with Gasteiger partial charge in [-0.3, -0.25) is 0 Å². The van der Waals surface area contributed by atoms with Gasteiger partial charge in [-0.05, 0) is 23.6 Å². The Hall–Kier alpha value is -1.38. The molecule has 0 aliphatic heterocycles. The van der Waals surface area contributed by atoms with Gasteiger partial charge in [0.25, 0.3) is 0 Å². The maximum absolute atomic E-state index is 9.20. The smallest absolute Gasteiger partial charge is 0.180 e. The van der Waals surface area contributed by atoms with Crippen LogP contribution >= 0.6 is 27.3 Å². The summed E-state index contributed by atoms with van der Waals surface area (Å²) in [6.07, 6.45) is 0.707. The van der Waals surface area contributed by atoms with Gasteiger partial charge in [-0.15, -0.1) is 11.3 Å². The van der Waals surface area contributed by atoms with Crippen LogP contribution in [0.25, 0.3) is 0 Å². The molecule has 0 saturated carbocycles. The zero-order valence-corrected chi connectivity index (χ0v) is 13.2. The fraction of sp³-hybridized carbons (Fsp3) is 0.286. The number of halogens is 1. The fourth-order valence-corrected chi connectivity index (χ4v) is 3.31. The number of anilines is 1. The number of aromatic nitrogens is 1. The van der Waals surface area contributed by atoms with E-state index in [0.717, 1.165) is 20.6 Å². The van der Waals surface area contributed by atoms with E-state index in [0.29, 0.717) is 23.0 Å². The molecule has 0 atom stereocenters. The van der Waals surface area contributed by atoms with Crippen LogP contribution in [0.5, 0.6) is 0 Å². The summed E-state index contributed by atoms with van der Waals surface area (Å²) < 4.78 is 0.917. The molecule has 1 heterocycles. The summed E-state index contributed by atoms with van der Waals surface area (Å²) in [4.78, 5) is 5.53. The third-order valence-electron chi connectivity index (χ3n) is 2.83. The molecule has 98 valence electrons. The summed E-state index contributed by atoms with van der Waals surface area (Å²) in [7, 11) is 0. The van der Waals surface area contributed by atoms with Gasteiger partial charge in [0.1, 0.15) is 0 Å². The molecule has 2 aromatic rings. The van der Waals surface area contributed by atoms with Crippen molar-refractivity contribution in [1.29, 1.82) is 5.26 Å². The van der Waals surface area contributed by atoms with Crippen LogP contribution in [0.15, 0.2) is 22.7 Å². The monoisotopic (exact) mass is 335 g/mol. The van der Waals surface area contributed by atoms with Gasteiger partial charge in [0, 0.05) is 15.8 Å². The molecule has 0 unspecified atom stereocenters. The predicted octanol–water partition coefficient (Wildman–Crippen LogP) is 4.07. The third kappa shape index (κ3) is 3.14. The van der Waals surface area contributed by atoms with E-state index in [1.807, 2.05) is 18.2 Å². The van der Waals surface area contributed by atoms with Gasteiger partial charge in [-0.2, -0.15) is 5.26 Å². The minimum Gasteiger partial charge on any atom is -0.375 e. The molecule has 0 amide bonds. The van der Waals surface area contributed by atoms with E-state index in [1.165, 1.54) is 11.3 Å². The fourth-order valence-electron chi connectivity index (χ4n) is 1.94. The Morgan fingerprint density at radius 2 is 2.21 bits per heavy atom. The SMILES string of the molecule is CC(C)c1nc(N)sc1Cc1ccc(Br)cc1C#N. The number of rotatable bonds is 3. The Morgan fingerprint density at radius 3 is 2.84 bits per heavy atom. The van der Waals surface area contributed by atoms with Crippen molar-refractivity contribution in [1.82, 2.24) is 4.98 Å². The maximum Gasteiger partial charge on any atom is 0.180 e. The molecule has 0 bridgehead atoms. The quantitative estimate of drug-likeness (QED) is 0.919. The molecule has 5 heteroatoms. The highest BCUT2D eigenvalue weighted by Gasteiger charge is 2.15. The second kappa shape index (κ2) is 5.72. The number of nitrogens with two attached hydrogens (primary N) is 1. The van der Waals surface area contributed by atoms with Crippen LogP contribution in [0.4, 0.5) is 5.13 Å². The molecular formula is C14H14BrN3S. The van der Waals surface area contributed by atoms with Gasteiger partial charge in [-0.25, -0.2) is 4.98 Å². The number of benzene rings is 1. The Bertz CT molecular complexity index is 641. The van der Waals surface area contributed by atoms with Gasteiger partial charge < -0.3 is 5.73 Å². The van der Waals surface area contributed by atoms with Crippen molar-refractivity contribution in [3.8, 4) is 6.07 Å². The van der Waals surface area contributed by atoms with E-state index in [4.69, 9.17) is 5.73 Å². The number of hydrogen-bond acceptors (Lipinski definition) is 4. The molecule has 19 heavy (non-hydrogen) atoms. The van der Waals surface area contributed by atoms with Crippen molar-refractivity contribution in [3.63, 3.8) is 0 Å². The minimum atomic E-state index is 0.338. The van der Waals surface area contributed by atoms with Crippen molar-refractivity contribution < 1.29 is 0 Å². The van der Waals surface area contributed by atoms with Crippen molar-refractivity contribution in [2.75, 3.05) is 5.73 Å². The van der Waals surface area contributed by atoms with E-state index in [-0.39, 0.29) is 0 Å². The lowest BCUT2D eigenvalue weighted by Crippen LogP contribution is -1.97. The maximum atomic E-state index is 9.20. The number of nitriles is 1. The van der Waals surface area contributed by atoms with Crippen LogP contribution in [0, 0.1) is 11.3 Å². The van der Waals surface area contributed by atoms with Crippen LogP contribution in [0.3, 0.4) is 0 Å². The summed E-state index contributed by atoms with van der Waals surface area (Å²) in [5, 5.41) is 9.79. The first-order valence-corrected chi connectivity index (χ1v) is 7.55. The molecule has 0 fully saturated rings. The van der Waals surface area contributed by atoms with E-state index >= 15 is 0 Å². The largest absolute Gasteiger partial charge is 0.375 e. The molecule has 3 nitrogen and oxygen atoms in total. The zero-order valence-electron chi connectivity index (χ0n) is 10.8. The average molecular weight is 336 g/mol. The van der Waals surface area contributed by atoms with Gasteiger partial charge in [0.05, 0.1) is 17.3 Å². The predicted molar refractivity (Wildman–Crippen MR) is 82.3 cm³/mol. The van der Waals surface area contributed by atoms with Crippen LogP contribution in [-0.2, 0) is 6.42 Å². The molecular weight excluding hydrogens is 322 g/mol. The first kappa shape index (κ1) is 14.0. The molecule has 2 rings (SSSR count). The number of nitrogen functional groups attached to an aromatic ring is 1. The lowest BCUT2D eigenvalue weighted by atomic mass is 10.0. The van der Waals surface area contributed by atoms with Crippen molar-refractivity contribution >= 4 is 32.4 Å². The minimum absolute atomic E-state index is 0.338. The topological polar surface area (TPSA) is 62.7 Å². The number of nitrogens with zero attached hydrogens (tertiary/aromatic N) is 2. The van der Waals surface area contributed by atoms with E-state index in [9.17, 15) is 5.26 Å². The Morgan fingerprint density at radius 1 is 1.47 bits per heavy atom. The summed E-state index contributed by atoms with van der Waals surface area (Å²) in [6, 6.07) is 8.01. The Kier molecular flexibility index (Phi) is 4.23. The highest BCUT2D eigenvalue weighted by Crippen LogP contribution is 2.30. The second-order valence-corrected chi connectivity index (χ2v) is 6.64. The van der Waals surface area contributed by atoms with E-state index < -0.39 is 0 Å². The van der Waals surface area contributed by atoms with Crippen molar-refractivity contribution in [3.05, 3.63) is 44.4 Å². The summed E-state index contributed by atoms with van der Waals surface area (Å²) in [6.45, 7) is 4.20. The van der Waals surface area contributed by atoms with Gasteiger partial charge >= 0.3 is 0 Å². The second-order valence-electron chi connectivity index (χ2n) is 4.61. The van der Waals surface area contributed by atoms with E-state index in [2.05, 4.69) is 40.8 Å². The summed E-state index contributed by atoms with van der Waals surface area (Å²) in [5.74, 6) is 0.338. The highest BCUT2D eigenvalue weighted by molar-refractivity contribution is 9.10. The molecule has 0 spiro atoms. The zero-order chi connectivity index (χ0) is 14.0. The molecule has 1 aromatic heterocycles. The van der Waals surface area contributed by atoms with Gasteiger partial charge in [0.2, 0.25) is 0 Å². The van der Waals surface area contributed by atoms with Crippen molar-refractivity contribution in [2.24, 2.45) is 0 Å². The number of thiazole rings is 1. The Labute approximate surface area is 125 Å². The van der Waals surface area contributed by atoms with E-state index in [1.54, 1.807) is 0 Å². The summed E-state index contributed by atoms with van der Waals surface area (Å²) >= 11 is 4.89. The molecule has 0 radical (unpaired) electrons. The molecule has 0 aliphatic carbocycles. The number of hydrogen-bond donors (Lipinski definition) is 1. The van der Waals surface area contributed by atoms with Gasteiger partial charge in [0.15, 0.2) is 5.13 Å². The normalized spacial score (nSPS) is 10.7. The molecule has 1 aromatic carbocycles. The molecule has 2 N–H and O–H groups in total. The lowest BCUT2D eigenvalue weighted by molar-refractivity contribution is 0.820. The van der Waals surface area contributed by atoms with Crippen LogP contribution in [0.1, 0.15) is 41.5 Å². The van der Waals surface area contributed by atoms with Crippen LogP contribution in [-0.4, -0.2) is 4.98 Å². The van der Waals surface area contributed by atoms with Crippen LogP contribution in [0.2, 0.25) is 0 Å². The van der Waals surface area contributed by atoms with Crippen LogP contribution < -0.4 is 5.73 Å². The third-order valence-corrected chi connectivity index (χ3v) is 4.23. The van der Waals surface area contributed by atoms with Gasteiger partial charge in [-0.1, -0.05) is 35.8 Å².